The zero-order valence-corrected chi connectivity index (χ0v) is 17.5. The molecule has 0 fully saturated rings. The van der Waals surface area contributed by atoms with Gasteiger partial charge in [-0.05, 0) is 55.0 Å². The third-order valence-corrected chi connectivity index (χ3v) is 6.69. The first-order valence-corrected chi connectivity index (χ1v) is 11.1. The summed E-state index contributed by atoms with van der Waals surface area (Å²) in [6.07, 6.45) is 2.17. The molecule has 0 unspecified atom stereocenters. The summed E-state index contributed by atoms with van der Waals surface area (Å²) in [6.45, 7) is 2.66. The van der Waals surface area contributed by atoms with Gasteiger partial charge in [-0.1, -0.05) is 36.4 Å². The van der Waals surface area contributed by atoms with Gasteiger partial charge in [-0.2, -0.15) is 0 Å². The van der Waals surface area contributed by atoms with E-state index >= 15 is 0 Å². The van der Waals surface area contributed by atoms with Crippen LogP contribution in [0.1, 0.15) is 22.5 Å². The quantitative estimate of drug-likeness (QED) is 0.314. The average molecular weight is 415 g/mol. The summed E-state index contributed by atoms with van der Waals surface area (Å²) in [5, 5.41) is 1.97. The third-order valence-electron chi connectivity index (χ3n) is 4.55. The van der Waals surface area contributed by atoms with Crippen LogP contribution in [0.25, 0.3) is 32.1 Å². The summed E-state index contributed by atoms with van der Waals surface area (Å²) in [7, 11) is 0. The molecule has 0 spiro atoms. The van der Waals surface area contributed by atoms with Crippen molar-refractivity contribution in [3.8, 4) is 5.75 Å². The van der Waals surface area contributed by atoms with Gasteiger partial charge in [0.25, 0.3) is 0 Å². The number of fused-ring (bicyclic) bond motifs is 2. The van der Waals surface area contributed by atoms with Crippen molar-refractivity contribution in [2.45, 2.75) is 6.92 Å². The van der Waals surface area contributed by atoms with Gasteiger partial charge < -0.3 is 4.74 Å². The Kier molecular flexibility index (Phi) is 4.84. The first-order valence-electron chi connectivity index (χ1n) is 9.46. The summed E-state index contributed by atoms with van der Waals surface area (Å²) in [4.78, 5) is 9.79. The van der Waals surface area contributed by atoms with Crippen LogP contribution in [0.5, 0.6) is 5.75 Å². The van der Waals surface area contributed by atoms with Crippen LogP contribution in [0, 0.1) is 0 Å². The first kappa shape index (κ1) is 18.0. The maximum atomic E-state index is 5.57. The molecule has 5 aromatic rings. The SMILES string of the molecule is CCOc1ccc(C=C(c2nc3ccccc3s2)c2nc3ccccc3s2)cc1. The lowest BCUT2D eigenvalue weighted by molar-refractivity contribution is 0.340. The van der Waals surface area contributed by atoms with Crippen LogP contribution >= 0.6 is 22.7 Å². The molecule has 0 atom stereocenters. The molecule has 0 saturated carbocycles. The van der Waals surface area contributed by atoms with E-state index in [9.17, 15) is 0 Å². The molecule has 0 aliphatic carbocycles. The summed E-state index contributed by atoms with van der Waals surface area (Å²) < 4.78 is 7.94. The number of para-hydroxylation sites is 2. The number of benzene rings is 3. The fourth-order valence-electron chi connectivity index (χ4n) is 3.18. The van der Waals surface area contributed by atoms with Crippen molar-refractivity contribution in [1.82, 2.24) is 9.97 Å². The Hall–Kier alpha value is -3.02. The van der Waals surface area contributed by atoms with E-state index in [-0.39, 0.29) is 0 Å². The Morgan fingerprint density at radius 2 is 1.34 bits per heavy atom. The lowest BCUT2D eigenvalue weighted by Crippen LogP contribution is -1.91. The molecule has 29 heavy (non-hydrogen) atoms. The highest BCUT2D eigenvalue weighted by atomic mass is 32.1. The molecule has 0 saturated heterocycles. The number of aromatic nitrogens is 2. The second-order valence-electron chi connectivity index (χ2n) is 6.53. The molecule has 3 aromatic carbocycles. The number of rotatable bonds is 5. The fourth-order valence-corrected chi connectivity index (χ4v) is 5.21. The van der Waals surface area contributed by atoms with Crippen molar-refractivity contribution in [2.75, 3.05) is 6.61 Å². The number of hydrogen-bond acceptors (Lipinski definition) is 5. The molecule has 0 aliphatic rings. The molecule has 5 heteroatoms. The van der Waals surface area contributed by atoms with Crippen LogP contribution in [0.15, 0.2) is 72.8 Å². The molecule has 0 bridgehead atoms. The fraction of sp³-hybridized carbons (Fsp3) is 0.0833. The standard InChI is InChI=1S/C24H18N2OS2/c1-2-27-17-13-11-16(12-14-17)15-18(23-25-19-7-3-5-9-21(19)28-23)24-26-20-8-4-6-10-22(20)29-24/h3-15H,2H2,1H3. The predicted molar refractivity (Wildman–Crippen MR) is 124 cm³/mol. The molecule has 5 rings (SSSR count). The van der Waals surface area contributed by atoms with Gasteiger partial charge in [0, 0.05) is 5.57 Å². The molecule has 0 amide bonds. The topological polar surface area (TPSA) is 35.0 Å². The minimum absolute atomic E-state index is 0.665. The van der Waals surface area contributed by atoms with Crippen LogP contribution in [-0.2, 0) is 0 Å². The zero-order chi connectivity index (χ0) is 19.6. The van der Waals surface area contributed by atoms with Gasteiger partial charge in [0.05, 0.1) is 27.0 Å². The van der Waals surface area contributed by atoms with E-state index in [1.807, 2.05) is 31.2 Å². The van der Waals surface area contributed by atoms with E-state index in [0.717, 1.165) is 37.9 Å². The minimum Gasteiger partial charge on any atom is -0.494 e. The first-order chi connectivity index (χ1) is 14.3. The molecular weight excluding hydrogens is 396 g/mol. The van der Waals surface area contributed by atoms with Crippen molar-refractivity contribution in [1.29, 1.82) is 0 Å². The van der Waals surface area contributed by atoms with E-state index < -0.39 is 0 Å². The Labute approximate surface area is 177 Å². The number of nitrogens with zero attached hydrogens (tertiary/aromatic N) is 2. The molecule has 2 heterocycles. The van der Waals surface area contributed by atoms with Crippen molar-refractivity contribution >= 4 is 54.8 Å². The molecular formula is C24H18N2OS2. The van der Waals surface area contributed by atoms with E-state index in [1.165, 1.54) is 9.40 Å². The Morgan fingerprint density at radius 3 is 1.86 bits per heavy atom. The second-order valence-corrected chi connectivity index (χ2v) is 8.59. The highest BCUT2D eigenvalue weighted by molar-refractivity contribution is 7.22. The largest absolute Gasteiger partial charge is 0.494 e. The third kappa shape index (κ3) is 3.67. The maximum absolute atomic E-state index is 5.57. The summed E-state index contributed by atoms with van der Waals surface area (Å²) in [6, 6.07) is 24.7. The van der Waals surface area contributed by atoms with Gasteiger partial charge in [0.2, 0.25) is 0 Å². The highest BCUT2D eigenvalue weighted by Gasteiger charge is 2.15. The lowest BCUT2D eigenvalue weighted by atomic mass is 10.1. The van der Waals surface area contributed by atoms with E-state index in [4.69, 9.17) is 14.7 Å². The molecule has 0 aliphatic heterocycles. The van der Waals surface area contributed by atoms with Crippen LogP contribution in [0.3, 0.4) is 0 Å². The van der Waals surface area contributed by atoms with Crippen molar-refractivity contribution in [2.24, 2.45) is 0 Å². The Balaban J connectivity index is 1.65. The van der Waals surface area contributed by atoms with Crippen LogP contribution < -0.4 is 4.74 Å². The van der Waals surface area contributed by atoms with E-state index in [1.54, 1.807) is 22.7 Å². The lowest BCUT2D eigenvalue weighted by Gasteiger charge is -2.04. The predicted octanol–water partition coefficient (Wildman–Crippen LogP) is 6.89. The van der Waals surface area contributed by atoms with Crippen molar-refractivity contribution in [3.63, 3.8) is 0 Å². The van der Waals surface area contributed by atoms with E-state index in [0.29, 0.717) is 6.61 Å². The normalized spacial score (nSPS) is 11.1. The molecule has 2 aromatic heterocycles. The van der Waals surface area contributed by atoms with Gasteiger partial charge in [-0.15, -0.1) is 22.7 Å². The van der Waals surface area contributed by atoms with Gasteiger partial charge in [0.15, 0.2) is 0 Å². The molecule has 3 nitrogen and oxygen atoms in total. The van der Waals surface area contributed by atoms with Crippen molar-refractivity contribution < 1.29 is 4.74 Å². The Bertz CT molecular complexity index is 1170. The van der Waals surface area contributed by atoms with Crippen LogP contribution in [0.2, 0.25) is 0 Å². The smallest absolute Gasteiger partial charge is 0.127 e. The van der Waals surface area contributed by atoms with E-state index in [2.05, 4.69) is 54.6 Å². The number of hydrogen-bond donors (Lipinski definition) is 0. The number of ether oxygens (including phenoxy) is 1. The molecule has 0 radical (unpaired) electrons. The molecule has 0 N–H and O–H groups in total. The van der Waals surface area contributed by atoms with Crippen LogP contribution in [0.4, 0.5) is 0 Å². The zero-order valence-electron chi connectivity index (χ0n) is 15.8. The maximum Gasteiger partial charge on any atom is 0.127 e. The second kappa shape index (κ2) is 7.78. The molecule has 142 valence electrons. The van der Waals surface area contributed by atoms with Gasteiger partial charge in [-0.25, -0.2) is 9.97 Å². The summed E-state index contributed by atoms with van der Waals surface area (Å²) in [5.41, 5.74) is 4.19. The monoisotopic (exact) mass is 414 g/mol. The Morgan fingerprint density at radius 1 is 0.793 bits per heavy atom. The summed E-state index contributed by atoms with van der Waals surface area (Å²) >= 11 is 3.41. The van der Waals surface area contributed by atoms with Crippen molar-refractivity contribution in [3.05, 3.63) is 88.4 Å². The average Bonchev–Trinajstić information content (AvgIpc) is 3.37. The number of thiazole rings is 2. The highest BCUT2D eigenvalue weighted by Crippen LogP contribution is 2.36. The van der Waals surface area contributed by atoms with Gasteiger partial charge >= 0.3 is 0 Å². The minimum atomic E-state index is 0.665. The van der Waals surface area contributed by atoms with Gasteiger partial charge in [-0.3, -0.25) is 0 Å². The van der Waals surface area contributed by atoms with Gasteiger partial charge in [0.1, 0.15) is 15.8 Å². The summed E-state index contributed by atoms with van der Waals surface area (Å²) in [5.74, 6) is 0.881. The van der Waals surface area contributed by atoms with Crippen LogP contribution in [-0.4, -0.2) is 16.6 Å².